The topological polar surface area (TPSA) is 37.7 Å². The molecule has 2 saturated heterocycles. The molecule has 2 fully saturated rings. The molecule has 0 unspecified atom stereocenters. The van der Waals surface area contributed by atoms with Gasteiger partial charge in [0.05, 0.1) is 12.3 Å². The van der Waals surface area contributed by atoms with Crippen LogP contribution >= 0.6 is 0 Å². The van der Waals surface area contributed by atoms with Crippen LogP contribution in [0.5, 0.6) is 5.75 Å². The Hall–Kier alpha value is -2.86. The summed E-state index contributed by atoms with van der Waals surface area (Å²) in [6.07, 6.45) is 7.40. The molecule has 174 valence electrons. The molecule has 0 radical (unpaired) electrons. The van der Waals surface area contributed by atoms with Crippen molar-refractivity contribution in [1.82, 2.24) is 9.47 Å². The molecule has 3 heterocycles. The molecule has 1 aromatic heterocycles. The van der Waals surface area contributed by atoms with Crippen molar-refractivity contribution >= 4 is 16.5 Å². The number of likely N-dealkylation sites (tertiary alicyclic amines) is 1. The van der Waals surface area contributed by atoms with Crippen molar-refractivity contribution in [3.8, 4) is 11.4 Å². The molecule has 2 aromatic carbocycles. The summed E-state index contributed by atoms with van der Waals surface area (Å²) in [5.41, 5.74) is 0.944. The van der Waals surface area contributed by atoms with Crippen molar-refractivity contribution in [2.75, 3.05) is 37.7 Å². The molecule has 0 N–H and O–H groups in total. The number of fused-ring (bicyclic) bond motifs is 1. The predicted octanol–water partition coefficient (Wildman–Crippen LogP) is 4.98. The molecular weight excluding hydrogens is 417 g/mol. The van der Waals surface area contributed by atoms with Crippen molar-refractivity contribution in [2.24, 2.45) is 0 Å². The van der Waals surface area contributed by atoms with E-state index >= 15 is 4.39 Å². The molecule has 33 heavy (non-hydrogen) atoms. The summed E-state index contributed by atoms with van der Waals surface area (Å²) in [6, 6.07) is 13.1. The van der Waals surface area contributed by atoms with Crippen LogP contribution < -0.4 is 15.2 Å². The zero-order valence-corrected chi connectivity index (χ0v) is 19.3. The number of hydrogen-bond donors (Lipinski definition) is 0. The van der Waals surface area contributed by atoms with E-state index in [4.69, 9.17) is 4.74 Å². The van der Waals surface area contributed by atoms with Crippen LogP contribution in [0.3, 0.4) is 0 Å². The second-order valence-corrected chi connectivity index (χ2v) is 9.21. The molecule has 2 aliphatic rings. The molecule has 2 aliphatic heterocycles. The Labute approximate surface area is 194 Å². The first kappa shape index (κ1) is 22.0. The first-order chi connectivity index (χ1) is 16.1. The fourth-order valence-electron chi connectivity index (χ4n) is 5.11. The van der Waals surface area contributed by atoms with Gasteiger partial charge in [0.1, 0.15) is 11.6 Å². The normalized spacial score (nSPS) is 19.0. The first-order valence-electron chi connectivity index (χ1n) is 12.2. The van der Waals surface area contributed by atoms with Gasteiger partial charge in [-0.15, -0.1) is 0 Å². The third kappa shape index (κ3) is 4.49. The number of benzene rings is 2. The van der Waals surface area contributed by atoms with Gasteiger partial charge in [0.15, 0.2) is 0 Å². The number of pyridine rings is 1. The zero-order chi connectivity index (χ0) is 22.8. The van der Waals surface area contributed by atoms with Gasteiger partial charge < -0.3 is 9.64 Å². The van der Waals surface area contributed by atoms with Crippen molar-refractivity contribution < 1.29 is 9.13 Å². The minimum atomic E-state index is -0.377. The van der Waals surface area contributed by atoms with Crippen LogP contribution in [0.15, 0.2) is 53.5 Å². The van der Waals surface area contributed by atoms with Crippen LogP contribution in [0, 0.1) is 5.82 Å². The van der Waals surface area contributed by atoms with Crippen LogP contribution in [-0.2, 0) is 0 Å². The average molecular weight is 450 g/mol. The largest absolute Gasteiger partial charge is 0.494 e. The van der Waals surface area contributed by atoms with Gasteiger partial charge >= 0.3 is 0 Å². The predicted molar refractivity (Wildman–Crippen MR) is 131 cm³/mol. The molecule has 0 saturated carbocycles. The highest BCUT2D eigenvalue weighted by molar-refractivity contribution is 5.83. The van der Waals surface area contributed by atoms with E-state index < -0.39 is 0 Å². The molecular formula is C27H32FN3O2. The zero-order valence-electron chi connectivity index (χ0n) is 19.3. The molecule has 5 rings (SSSR count). The van der Waals surface area contributed by atoms with Gasteiger partial charge in [-0.05, 0) is 86.6 Å². The fraction of sp³-hybridized carbons (Fsp3) is 0.444. The van der Waals surface area contributed by atoms with Crippen LogP contribution in [0.2, 0.25) is 0 Å². The van der Waals surface area contributed by atoms with Gasteiger partial charge in [-0.25, -0.2) is 4.39 Å². The summed E-state index contributed by atoms with van der Waals surface area (Å²) in [7, 11) is 0. The highest BCUT2D eigenvalue weighted by Gasteiger charge is 2.29. The first-order valence-corrected chi connectivity index (χ1v) is 12.2. The molecule has 6 heteroatoms. The van der Waals surface area contributed by atoms with Crippen LogP contribution in [0.25, 0.3) is 16.5 Å². The minimum Gasteiger partial charge on any atom is -0.494 e. The Morgan fingerprint density at radius 3 is 2.70 bits per heavy atom. The summed E-state index contributed by atoms with van der Waals surface area (Å²) in [4.78, 5) is 18.0. The Morgan fingerprint density at radius 1 is 1.06 bits per heavy atom. The van der Waals surface area contributed by atoms with E-state index in [1.165, 1.54) is 30.5 Å². The maximum Gasteiger partial charge on any atom is 0.263 e. The lowest BCUT2D eigenvalue weighted by Gasteiger charge is -2.24. The fourth-order valence-corrected chi connectivity index (χ4v) is 5.11. The Bertz CT molecular complexity index is 1190. The van der Waals surface area contributed by atoms with Gasteiger partial charge in [-0.2, -0.15) is 0 Å². The second-order valence-electron chi connectivity index (χ2n) is 9.21. The highest BCUT2D eigenvalue weighted by Crippen LogP contribution is 2.28. The Kier molecular flexibility index (Phi) is 6.36. The van der Waals surface area contributed by atoms with E-state index in [9.17, 15) is 4.79 Å². The van der Waals surface area contributed by atoms with Crippen molar-refractivity contribution in [2.45, 2.75) is 45.1 Å². The highest BCUT2D eigenvalue weighted by atomic mass is 19.1. The van der Waals surface area contributed by atoms with Gasteiger partial charge in [0.2, 0.25) is 0 Å². The third-order valence-corrected chi connectivity index (χ3v) is 7.02. The van der Waals surface area contributed by atoms with Crippen LogP contribution in [-0.4, -0.2) is 48.3 Å². The number of rotatable bonds is 7. The summed E-state index contributed by atoms with van der Waals surface area (Å²) in [5, 5.41) is 1.35. The quantitative estimate of drug-likeness (QED) is 0.477. The van der Waals surface area contributed by atoms with E-state index in [1.807, 2.05) is 24.3 Å². The maximum atomic E-state index is 15.2. The van der Waals surface area contributed by atoms with E-state index in [0.29, 0.717) is 18.0 Å². The molecule has 0 amide bonds. The lowest BCUT2D eigenvalue weighted by molar-refractivity contribution is 0.260. The standard InChI is InChI=1S/C27H32FN3O2/c1-2-3-16-33-23-7-8-24-20(17-23)10-15-31(27(24)32)26-9-6-21(18-25(26)28)30-14-11-22(19-30)29-12-4-5-13-29/h6-10,15,17-18,22H,2-5,11-14,16,19H2,1H3/t22-/m1/s1. The van der Waals surface area contributed by atoms with Crippen LogP contribution in [0.4, 0.5) is 10.1 Å². The molecule has 1 atom stereocenters. The van der Waals surface area contributed by atoms with E-state index in [2.05, 4.69) is 16.7 Å². The van der Waals surface area contributed by atoms with Gasteiger partial charge in [0.25, 0.3) is 5.56 Å². The SMILES string of the molecule is CCCCOc1ccc2c(=O)n(-c3ccc(N4CC[C@@H](N5CCCC5)C4)cc3F)ccc2c1. The number of hydrogen-bond acceptors (Lipinski definition) is 4. The summed E-state index contributed by atoms with van der Waals surface area (Å²) >= 11 is 0. The maximum absolute atomic E-state index is 15.2. The number of halogens is 1. The second kappa shape index (κ2) is 9.56. The lowest BCUT2D eigenvalue weighted by atomic mass is 10.1. The van der Waals surface area contributed by atoms with Crippen molar-refractivity contribution in [1.29, 1.82) is 0 Å². The van der Waals surface area contributed by atoms with Crippen molar-refractivity contribution in [3.63, 3.8) is 0 Å². The lowest BCUT2D eigenvalue weighted by Crippen LogP contribution is -2.35. The number of unbranched alkanes of at least 4 members (excludes halogenated alkanes) is 1. The number of anilines is 1. The summed E-state index contributed by atoms with van der Waals surface area (Å²) in [6.45, 7) is 7.03. The van der Waals surface area contributed by atoms with Gasteiger partial charge in [-0.1, -0.05) is 13.3 Å². The van der Waals surface area contributed by atoms with Crippen molar-refractivity contribution in [3.05, 3.63) is 64.8 Å². The van der Waals surface area contributed by atoms with Gasteiger partial charge in [-0.3, -0.25) is 14.3 Å². The summed E-state index contributed by atoms with van der Waals surface area (Å²) in [5.74, 6) is 0.375. The number of aromatic nitrogens is 1. The Balaban J connectivity index is 1.36. The molecule has 0 aliphatic carbocycles. The smallest absolute Gasteiger partial charge is 0.263 e. The van der Waals surface area contributed by atoms with Crippen LogP contribution in [0.1, 0.15) is 39.0 Å². The Morgan fingerprint density at radius 2 is 1.91 bits per heavy atom. The minimum absolute atomic E-state index is 0.227. The third-order valence-electron chi connectivity index (χ3n) is 7.02. The molecule has 3 aromatic rings. The molecule has 0 bridgehead atoms. The summed E-state index contributed by atoms with van der Waals surface area (Å²) < 4.78 is 22.3. The number of ether oxygens (including phenoxy) is 1. The van der Waals surface area contributed by atoms with E-state index in [-0.39, 0.29) is 17.1 Å². The molecule has 5 nitrogen and oxygen atoms in total. The molecule has 0 spiro atoms. The van der Waals surface area contributed by atoms with Gasteiger partial charge in [0, 0.05) is 36.4 Å². The average Bonchev–Trinajstić information content (AvgIpc) is 3.52. The monoisotopic (exact) mass is 449 g/mol. The van der Waals surface area contributed by atoms with E-state index in [1.54, 1.807) is 24.4 Å². The number of nitrogens with zero attached hydrogens (tertiary/aromatic N) is 3. The van der Waals surface area contributed by atoms with E-state index in [0.717, 1.165) is 49.2 Å².